The van der Waals surface area contributed by atoms with E-state index in [-0.39, 0.29) is 24.5 Å². The van der Waals surface area contributed by atoms with Crippen molar-refractivity contribution in [1.82, 2.24) is 9.55 Å². The highest BCUT2D eigenvalue weighted by Crippen LogP contribution is 2.18. The fourth-order valence-corrected chi connectivity index (χ4v) is 2.91. The van der Waals surface area contributed by atoms with Gasteiger partial charge in [0.25, 0.3) is 5.56 Å². The molecule has 0 saturated heterocycles. The van der Waals surface area contributed by atoms with Crippen molar-refractivity contribution >= 4 is 28.6 Å². The van der Waals surface area contributed by atoms with Gasteiger partial charge in [-0.1, -0.05) is 23.9 Å². The Morgan fingerprint density at radius 1 is 1.38 bits per heavy atom. The van der Waals surface area contributed by atoms with E-state index in [0.717, 1.165) is 0 Å². The summed E-state index contributed by atoms with van der Waals surface area (Å²) < 4.78 is 1.55. The van der Waals surface area contributed by atoms with Crippen LogP contribution in [-0.4, -0.2) is 32.9 Å². The lowest BCUT2D eigenvalue weighted by molar-refractivity contribution is -0.117. The summed E-state index contributed by atoms with van der Waals surface area (Å²) in [6.07, 6.45) is 0.705. The molecule has 0 aliphatic heterocycles. The predicted octanol–water partition coefficient (Wildman–Crippen LogP) is 0.746. The Kier molecular flexibility index (Phi) is 5.35. The second-order valence-electron chi connectivity index (χ2n) is 4.51. The largest absolute Gasteiger partial charge is 0.396 e. The molecule has 1 aromatic carbocycles. The Morgan fingerprint density at radius 3 is 2.86 bits per heavy atom. The predicted molar refractivity (Wildman–Crippen MR) is 82.2 cm³/mol. The van der Waals surface area contributed by atoms with Gasteiger partial charge in [0.2, 0.25) is 5.91 Å². The zero-order valence-electron chi connectivity index (χ0n) is 11.5. The molecule has 0 aliphatic rings. The van der Waals surface area contributed by atoms with Gasteiger partial charge in [-0.3, -0.25) is 14.2 Å². The highest BCUT2D eigenvalue weighted by Gasteiger charge is 2.11. The minimum absolute atomic E-state index is 0.00462. The zero-order valence-corrected chi connectivity index (χ0v) is 12.3. The van der Waals surface area contributed by atoms with Crippen LogP contribution in [0.3, 0.4) is 0 Å². The quantitative estimate of drug-likeness (QED) is 0.581. The Hall–Kier alpha value is -1.86. The van der Waals surface area contributed by atoms with Crippen molar-refractivity contribution in [3.8, 4) is 0 Å². The van der Waals surface area contributed by atoms with E-state index in [1.807, 2.05) is 6.07 Å². The summed E-state index contributed by atoms with van der Waals surface area (Å²) in [7, 11) is 0. The van der Waals surface area contributed by atoms with Crippen LogP contribution >= 0.6 is 11.8 Å². The molecule has 0 atom stereocenters. The fraction of sp³-hybridized carbons (Fsp3) is 0.357. The van der Waals surface area contributed by atoms with Crippen molar-refractivity contribution in [3.05, 3.63) is 34.6 Å². The van der Waals surface area contributed by atoms with E-state index in [2.05, 4.69) is 4.98 Å². The van der Waals surface area contributed by atoms with Crippen molar-refractivity contribution in [3.63, 3.8) is 0 Å². The highest BCUT2D eigenvalue weighted by molar-refractivity contribution is 7.99. The maximum absolute atomic E-state index is 12.5. The fourth-order valence-electron chi connectivity index (χ4n) is 1.93. The van der Waals surface area contributed by atoms with E-state index in [1.54, 1.807) is 22.8 Å². The maximum Gasteiger partial charge on any atom is 0.262 e. The molecule has 0 bridgehead atoms. The number of aliphatic hydroxyl groups is 1. The number of aromatic nitrogens is 2. The number of aliphatic hydroxyl groups excluding tert-OH is 1. The topological polar surface area (TPSA) is 98.2 Å². The average Bonchev–Trinajstić information content (AvgIpc) is 2.46. The molecule has 1 heterocycles. The summed E-state index contributed by atoms with van der Waals surface area (Å²) in [6.45, 7) is 0.400. The van der Waals surface area contributed by atoms with Crippen molar-refractivity contribution in [2.75, 3.05) is 12.4 Å². The Balaban J connectivity index is 2.39. The second-order valence-corrected chi connectivity index (χ2v) is 5.57. The first-order valence-electron chi connectivity index (χ1n) is 6.65. The normalized spacial score (nSPS) is 10.9. The first kappa shape index (κ1) is 15.5. The van der Waals surface area contributed by atoms with Gasteiger partial charge in [-0.15, -0.1) is 0 Å². The van der Waals surface area contributed by atoms with Crippen LogP contribution in [0.25, 0.3) is 10.9 Å². The van der Waals surface area contributed by atoms with Crippen molar-refractivity contribution < 1.29 is 9.90 Å². The van der Waals surface area contributed by atoms with Crippen molar-refractivity contribution in [2.24, 2.45) is 5.73 Å². The number of amides is 1. The van der Waals surface area contributed by atoms with Crippen LogP contribution < -0.4 is 11.3 Å². The van der Waals surface area contributed by atoms with Gasteiger partial charge in [-0.2, -0.15) is 0 Å². The summed E-state index contributed by atoms with van der Waals surface area (Å²) in [4.78, 5) is 27.8. The third-order valence-electron chi connectivity index (χ3n) is 2.95. The lowest BCUT2D eigenvalue weighted by atomic mass is 10.2. The SMILES string of the molecule is NC(=O)CCSc1nc2ccccc2c(=O)n1CCCO. The molecule has 0 saturated carbocycles. The molecular weight excluding hydrogens is 290 g/mol. The Morgan fingerprint density at radius 2 is 2.14 bits per heavy atom. The number of nitrogens with zero attached hydrogens (tertiary/aromatic N) is 2. The molecule has 0 radical (unpaired) electrons. The molecule has 112 valence electrons. The van der Waals surface area contributed by atoms with Crippen LogP contribution in [0.1, 0.15) is 12.8 Å². The number of hydrogen-bond donors (Lipinski definition) is 2. The second kappa shape index (κ2) is 7.24. The van der Waals surface area contributed by atoms with E-state index in [0.29, 0.717) is 34.8 Å². The molecular formula is C14H17N3O3S. The molecule has 3 N–H and O–H groups in total. The van der Waals surface area contributed by atoms with Crippen LogP contribution in [-0.2, 0) is 11.3 Å². The molecule has 1 amide bonds. The zero-order chi connectivity index (χ0) is 15.2. The molecule has 0 unspecified atom stereocenters. The van der Waals surface area contributed by atoms with Gasteiger partial charge in [-0.25, -0.2) is 4.98 Å². The summed E-state index contributed by atoms with van der Waals surface area (Å²) in [5.74, 6) is 0.0896. The smallest absolute Gasteiger partial charge is 0.262 e. The highest BCUT2D eigenvalue weighted by atomic mass is 32.2. The standard InChI is InChI=1S/C14H17N3O3S/c15-12(19)6-9-21-14-16-11-5-2-1-4-10(11)13(20)17(14)7-3-8-18/h1-2,4-5,18H,3,6-9H2,(H2,15,19). The molecule has 0 fully saturated rings. The van der Waals surface area contributed by atoms with Crippen LogP contribution in [0.5, 0.6) is 0 Å². The third kappa shape index (κ3) is 3.83. The average molecular weight is 307 g/mol. The molecule has 6 nitrogen and oxygen atoms in total. The molecule has 0 spiro atoms. The number of hydrogen-bond acceptors (Lipinski definition) is 5. The van der Waals surface area contributed by atoms with Gasteiger partial charge in [0.05, 0.1) is 10.9 Å². The van der Waals surface area contributed by atoms with Crippen LogP contribution in [0.2, 0.25) is 0 Å². The van der Waals surface area contributed by atoms with Gasteiger partial charge in [0.1, 0.15) is 0 Å². The molecule has 1 aromatic heterocycles. The van der Waals surface area contributed by atoms with Crippen molar-refractivity contribution in [1.29, 1.82) is 0 Å². The van der Waals surface area contributed by atoms with Crippen molar-refractivity contribution in [2.45, 2.75) is 24.5 Å². The molecule has 2 rings (SSSR count). The van der Waals surface area contributed by atoms with E-state index in [9.17, 15) is 9.59 Å². The number of para-hydroxylation sites is 1. The maximum atomic E-state index is 12.5. The number of primary amides is 1. The van der Waals surface area contributed by atoms with Crippen LogP contribution in [0, 0.1) is 0 Å². The molecule has 7 heteroatoms. The minimum Gasteiger partial charge on any atom is -0.396 e. The number of carbonyl (C=O) groups excluding carboxylic acids is 1. The van der Waals surface area contributed by atoms with Gasteiger partial charge in [0.15, 0.2) is 5.16 Å². The van der Waals surface area contributed by atoms with Gasteiger partial charge in [-0.05, 0) is 18.6 Å². The van der Waals surface area contributed by atoms with E-state index >= 15 is 0 Å². The van der Waals surface area contributed by atoms with Crippen LogP contribution in [0.4, 0.5) is 0 Å². The molecule has 21 heavy (non-hydrogen) atoms. The summed E-state index contributed by atoms with van der Waals surface area (Å²) in [5.41, 5.74) is 5.62. The number of rotatable bonds is 7. The minimum atomic E-state index is -0.382. The number of fused-ring (bicyclic) bond motifs is 1. The Labute approximate surface area is 126 Å². The summed E-state index contributed by atoms with van der Waals surface area (Å²) in [5, 5.41) is 10.1. The number of carbonyl (C=O) groups is 1. The Bertz CT molecular complexity index is 699. The molecule has 0 aliphatic carbocycles. The third-order valence-corrected chi connectivity index (χ3v) is 3.92. The van der Waals surface area contributed by atoms with Gasteiger partial charge in [0, 0.05) is 25.3 Å². The lowest BCUT2D eigenvalue weighted by Crippen LogP contribution is -2.24. The summed E-state index contributed by atoms with van der Waals surface area (Å²) in [6, 6.07) is 7.13. The molecule has 2 aromatic rings. The first-order valence-corrected chi connectivity index (χ1v) is 7.63. The monoisotopic (exact) mass is 307 g/mol. The van der Waals surface area contributed by atoms with E-state index in [4.69, 9.17) is 10.8 Å². The number of nitrogens with two attached hydrogens (primary N) is 1. The van der Waals surface area contributed by atoms with Gasteiger partial charge >= 0.3 is 0 Å². The first-order chi connectivity index (χ1) is 10.1. The van der Waals surface area contributed by atoms with E-state index < -0.39 is 0 Å². The number of thioether (sulfide) groups is 1. The summed E-state index contributed by atoms with van der Waals surface area (Å²) >= 11 is 1.32. The number of benzene rings is 1. The van der Waals surface area contributed by atoms with Gasteiger partial charge < -0.3 is 10.8 Å². The van der Waals surface area contributed by atoms with Crippen LogP contribution in [0.15, 0.2) is 34.2 Å². The van der Waals surface area contributed by atoms with E-state index in [1.165, 1.54) is 11.8 Å². The lowest BCUT2D eigenvalue weighted by Gasteiger charge is -2.12.